The van der Waals surface area contributed by atoms with Crippen molar-refractivity contribution in [3.05, 3.63) is 34.9 Å². The van der Waals surface area contributed by atoms with Crippen molar-refractivity contribution in [3.63, 3.8) is 0 Å². The molecule has 0 spiro atoms. The van der Waals surface area contributed by atoms with Crippen molar-refractivity contribution < 1.29 is 9.47 Å². The Morgan fingerprint density at radius 2 is 1.59 bits per heavy atom. The smallest absolute Gasteiger partial charge is 0.204 e. The van der Waals surface area contributed by atoms with Gasteiger partial charge in [0.25, 0.3) is 0 Å². The first-order valence-corrected chi connectivity index (χ1v) is 8.33. The van der Waals surface area contributed by atoms with Crippen molar-refractivity contribution in [1.82, 2.24) is 0 Å². The van der Waals surface area contributed by atoms with Crippen LogP contribution in [0.4, 0.5) is 0 Å². The number of nitrogens with one attached hydrogen (secondary N) is 1. The Labute approximate surface area is 134 Å². The molecule has 0 radical (unpaired) electrons. The fraction of sp³-hybridized carbons (Fsp3) is 0.632. The summed E-state index contributed by atoms with van der Waals surface area (Å²) < 4.78 is 12.1. The van der Waals surface area contributed by atoms with E-state index in [4.69, 9.17) is 14.9 Å². The van der Waals surface area contributed by atoms with E-state index >= 15 is 0 Å². The van der Waals surface area contributed by atoms with Crippen LogP contribution < -0.4 is 0 Å². The minimum Gasteiger partial charge on any atom is -0.344 e. The summed E-state index contributed by atoms with van der Waals surface area (Å²) in [6.45, 7) is 9.97. The van der Waals surface area contributed by atoms with Crippen molar-refractivity contribution in [1.29, 1.82) is 5.41 Å². The average Bonchev–Trinajstić information content (AvgIpc) is 2.53. The van der Waals surface area contributed by atoms with Gasteiger partial charge in [-0.05, 0) is 38.7 Å². The topological polar surface area (TPSA) is 42.3 Å². The van der Waals surface area contributed by atoms with E-state index < -0.39 is 5.79 Å². The second kappa shape index (κ2) is 6.93. The van der Waals surface area contributed by atoms with Crippen LogP contribution in [0.5, 0.6) is 0 Å². The molecule has 122 valence electrons. The van der Waals surface area contributed by atoms with Crippen molar-refractivity contribution in [2.45, 2.75) is 59.2 Å². The van der Waals surface area contributed by atoms with Crippen LogP contribution in [0.1, 0.15) is 49.8 Å². The van der Waals surface area contributed by atoms with E-state index in [1.165, 1.54) is 22.9 Å². The predicted molar refractivity (Wildman–Crippen MR) is 90.7 cm³/mol. The Morgan fingerprint density at radius 3 is 2.05 bits per heavy atom. The molecule has 1 saturated heterocycles. The van der Waals surface area contributed by atoms with Gasteiger partial charge in [-0.15, -0.1) is 0 Å². The Kier molecular flexibility index (Phi) is 5.41. The van der Waals surface area contributed by atoms with Gasteiger partial charge in [-0.1, -0.05) is 43.2 Å². The van der Waals surface area contributed by atoms with Crippen molar-refractivity contribution in [2.75, 3.05) is 13.2 Å². The van der Waals surface area contributed by atoms with Crippen LogP contribution in [0.2, 0.25) is 0 Å². The van der Waals surface area contributed by atoms with E-state index in [2.05, 4.69) is 45.9 Å². The fourth-order valence-electron chi connectivity index (χ4n) is 3.12. The summed E-state index contributed by atoms with van der Waals surface area (Å²) in [5, 5.41) is 7.76. The SMILES string of the molecule is CCC1(CC)COC(C=N)(CCc2cc(C)cc(C)c2)OC1. The third-order valence-electron chi connectivity index (χ3n) is 5.01. The van der Waals surface area contributed by atoms with Gasteiger partial charge in [0, 0.05) is 11.8 Å². The van der Waals surface area contributed by atoms with Crippen LogP contribution in [0.3, 0.4) is 0 Å². The molecule has 1 heterocycles. The molecule has 1 aliphatic heterocycles. The lowest BCUT2D eigenvalue weighted by Gasteiger charge is -2.44. The molecular weight excluding hydrogens is 274 g/mol. The molecule has 1 aliphatic rings. The van der Waals surface area contributed by atoms with E-state index in [0.29, 0.717) is 19.6 Å². The molecule has 3 nitrogen and oxygen atoms in total. The van der Waals surface area contributed by atoms with E-state index in [1.807, 2.05) is 0 Å². The molecule has 0 amide bonds. The van der Waals surface area contributed by atoms with E-state index in [0.717, 1.165) is 19.3 Å². The normalized spacial score (nSPS) is 19.8. The van der Waals surface area contributed by atoms with Gasteiger partial charge in [-0.2, -0.15) is 0 Å². The zero-order chi connectivity index (χ0) is 16.2. The third kappa shape index (κ3) is 3.76. The average molecular weight is 303 g/mol. The molecule has 1 aromatic rings. The van der Waals surface area contributed by atoms with E-state index in [-0.39, 0.29) is 5.41 Å². The van der Waals surface area contributed by atoms with Crippen LogP contribution in [-0.4, -0.2) is 25.2 Å². The Bertz CT molecular complexity index is 490. The van der Waals surface area contributed by atoms with Crippen molar-refractivity contribution in [3.8, 4) is 0 Å². The highest BCUT2D eigenvalue weighted by molar-refractivity contribution is 5.63. The summed E-state index contributed by atoms with van der Waals surface area (Å²) in [6, 6.07) is 6.59. The van der Waals surface area contributed by atoms with Gasteiger partial charge in [0.05, 0.1) is 19.4 Å². The summed E-state index contributed by atoms with van der Waals surface area (Å²) in [5.74, 6) is -0.842. The Hall–Kier alpha value is -1.19. The first-order valence-electron chi connectivity index (χ1n) is 8.33. The molecule has 3 heteroatoms. The van der Waals surface area contributed by atoms with E-state index in [1.54, 1.807) is 0 Å². The Morgan fingerprint density at radius 1 is 1.05 bits per heavy atom. The molecule has 1 N–H and O–H groups in total. The summed E-state index contributed by atoms with van der Waals surface area (Å²) in [7, 11) is 0. The third-order valence-corrected chi connectivity index (χ3v) is 5.01. The van der Waals surface area contributed by atoms with Crippen LogP contribution in [0, 0.1) is 24.7 Å². The second-order valence-electron chi connectivity index (χ2n) is 6.74. The maximum absolute atomic E-state index is 7.76. The van der Waals surface area contributed by atoms with Crippen molar-refractivity contribution in [2.24, 2.45) is 5.41 Å². The van der Waals surface area contributed by atoms with Gasteiger partial charge in [0.1, 0.15) is 0 Å². The minimum atomic E-state index is -0.842. The summed E-state index contributed by atoms with van der Waals surface area (Å²) in [4.78, 5) is 0. The summed E-state index contributed by atoms with van der Waals surface area (Å²) >= 11 is 0. The molecule has 0 saturated carbocycles. The first-order chi connectivity index (χ1) is 10.5. The number of aryl methyl sites for hydroxylation is 3. The van der Waals surface area contributed by atoms with Gasteiger partial charge in [0.15, 0.2) is 0 Å². The number of rotatable bonds is 6. The highest BCUT2D eigenvalue weighted by Crippen LogP contribution is 2.36. The molecule has 1 fully saturated rings. The molecule has 0 aliphatic carbocycles. The maximum atomic E-state index is 7.76. The summed E-state index contributed by atoms with van der Waals surface area (Å²) in [6.07, 6.45) is 5.00. The maximum Gasteiger partial charge on any atom is 0.204 e. The zero-order valence-corrected chi connectivity index (χ0v) is 14.4. The van der Waals surface area contributed by atoms with Crippen LogP contribution >= 0.6 is 0 Å². The molecule has 1 aromatic carbocycles. The highest BCUT2D eigenvalue weighted by Gasteiger charge is 2.41. The number of hydrogen-bond acceptors (Lipinski definition) is 3. The van der Waals surface area contributed by atoms with Gasteiger partial charge in [-0.3, -0.25) is 0 Å². The Balaban J connectivity index is 2.02. The van der Waals surface area contributed by atoms with Gasteiger partial charge in [0.2, 0.25) is 5.79 Å². The standard InChI is InChI=1S/C19H29NO2/c1-5-18(6-2)13-21-19(12-20,22-14-18)8-7-17-10-15(3)9-16(4)11-17/h9-12,20H,5-8,13-14H2,1-4H3. The van der Waals surface area contributed by atoms with Crippen LogP contribution in [0.15, 0.2) is 18.2 Å². The number of benzene rings is 1. The number of ether oxygens (including phenoxy) is 2. The van der Waals surface area contributed by atoms with Gasteiger partial charge < -0.3 is 14.9 Å². The van der Waals surface area contributed by atoms with Crippen molar-refractivity contribution >= 4 is 6.21 Å². The molecule has 0 bridgehead atoms. The van der Waals surface area contributed by atoms with Gasteiger partial charge >= 0.3 is 0 Å². The highest BCUT2D eigenvalue weighted by atomic mass is 16.7. The molecular formula is C19H29NO2. The monoisotopic (exact) mass is 303 g/mol. The molecule has 2 rings (SSSR count). The minimum absolute atomic E-state index is 0.117. The lowest BCUT2D eigenvalue weighted by Crippen LogP contribution is -2.50. The molecule has 22 heavy (non-hydrogen) atoms. The lowest BCUT2D eigenvalue weighted by atomic mass is 9.83. The fourth-order valence-corrected chi connectivity index (χ4v) is 3.12. The summed E-state index contributed by atoms with van der Waals surface area (Å²) in [5.41, 5.74) is 3.96. The predicted octanol–water partition coefficient (Wildman–Crippen LogP) is 4.44. The zero-order valence-electron chi connectivity index (χ0n) is 14.4. The first kappa shape index (κ1) is 17.2. The molecule has 0 aromatic heterocycles. The van der Waals surface area contributed by atoms with Crippen LogP contribution in [-0.2, 0) is 15.9 Å². The largest absolute Gasteiger partial charge is 0.344 e. The number of hydrogen-bond donors (Lipinski definition) is 1. The van der Waals surface area contributed by atoms with Gasteiger partial charge in [-0.25, -0.2) is 0 Å². The van der Waals surface area contributed by atoms with Crippen LogP contribution in [0.25, 0.3) is 0 Å². The van der Waals surface area contributed by atoms with E-state index in [9.17, 15) is 0 Å². The second-order valence-corrected chi connectivity index (χ2v) is 6.74. The lowest BCUT2D eigenvalue weighted by molar-refractivity contribution is -0.267. The quantitative estimate of drug-likeness (QED) is 0.790. The molecule has 0 atom stereocenters. The molecule has 0 unspecified atom stereocenters.